The van der Waals surface area contributed by atoms with Crippen LogP contribution in [0.4, 0.5) is 0 Å². The lowest BCUT2D eigenvalue weighted by atomic mass is 10.0. The van der Waals surface area contributed by atoms with Crippen molar-refractivity contribution >= 4 is 76.3 Å². The summed E-state index contributed by atoms with van der Waals surface area (Å²) in [7, 11) is 0. The van der Waals surface area contributed by atoms with E-state index in [1.165, 1.54) is 0 Å². The molecule has 0 unspecified atom stereocenters. The zero-order valence-electron chi connectivity index (χ0n) is 32.6. The predicted molar refractivity (Wildman–Crippen MR) is 247 cm³/mol. The van der Waals surface area contributed by atoms with Crippen molar-refractivity contribution < 1.29 is 4.42 Å². The van der Waals surface area contributed by atoms with Crippen molar-refractivity contribution in [1.29, 1.82) is 0 Å². The Kier molecular flexibility index (Phi) is 7.17. The first-order chi connectivity index (χ1) is 30.2. The third-order valence-corrected chi connectivity index (χ3v) is 12.0. The third-order valence-electron chi connectivity index (χ3n) is 12.0. The highest BCUT2D eigenvalue weighted by molar-refractivity contribution is 6.24. The summed E-state index contributed by atoms with van der Waals surface area (Å²) in [5, 5.41) is 8.80. The standard InChI is InChI=1S/C54H32N6O/c1-3-14-33(15-4-1)37-19-13-20-38(32-37)52-56-51(36-17-5-2-6-18-36)57-53(58-52)59-44-24-11-9-22-40(44)42-29-30-43-41-23-10-12-25-45(41)60(50(43)49(42)59)54-55-48-46(61-54)31-28-35-27-26-34-16-7-8-21-39(34)47(35)48/h1-32H. The molecule has 13 rings (SSSR count). The molecule has 61 heavy (non-hydrogen) atoms. The fraction of sp³-hybridized carbons (Fsp3) is 0. The fourth-order valence-corrected chi connectivity index (χ4v) is 9.25. The van der Waals surface area contributed by atoms with Gasteiger partial charge in [-0.1, -0.05) is 170 Å². The summed E-state index contributed by atoms with van der Waals surface area (Å²) in [6, 6.07) is 67.8. The first kappa shape index (κ1) is 33.5. The maximum Gasteiger partial charge on any atom is 0.307 e. The number of hydrogen-bond donors (Lipinski definition) is 0. The van der Waals surface area contributed by atoms with Crippen LogP contribution in [0.5, 0.6) is 0 Å². The average molecular weight is 781 g/mol. The van der Waals surface area contributed by atoms with Crippen LogP contribution in [0.3, 0.4) is 0 Å². The minimum Gasteiger partial charge on any atom is -0.423 e. The Hall–Kier alpha value is -8.42. The van der Waals surface area contributed by atoms with E-state index in [0.717, 1.165) is 98.5 Å². The van der Waals surface area contributed by atoms with Gasteiger partial charge in [-0.05, 0) is 51.6 Å². The molecule has 0 fully saturated rings. The van der Waals surface area contributed by atoms with E-state index in [1.54, 1.807) is 0 Å². The molecule has 284 valence electrons. The van der Waals surface area contributed by atoms with E-state index in [9.17, 15) is 0 Å². The molecular weight excluding hydrogens is 749 g/mol. The summed E-state index contributed by atoms with van der Waals surface area (Å²) in [6.07, 6.45) is 0. The number of hydrogen-bond acceptors (Lipinski definition) is 5. The highest BCUT2D eigenvalue weighted by atomic mass is 16.4. The quantitative estimate of drug-likeness (QED) is 0.163. The molecule has 0 spiro atoms. The van der Waals surface area contributed by atoms with E-state index in [1.807, 2.05) is 42.5 Å². The van der Waals surface area contributed by atoms with Crippen molar-refractivity contribution in [2.45, 2.75) is 0 Å². The Morgan fingerprint density at radius 2 is 0.918 bits per heavy atom. The van der Waals surface area contributed by atoms with Gasteiger partial charge in [-0.2, -0.15) is 15.0 Å². The maximum atomic E-state index is 6.86. The monoisotopic (exact) mass is 780 g/mol. The first-order valence-electron chi connectivity index (χ1n) is 20.4. The molecule has 0 saturated heterocycles. The van der Waals surface area contributed by atoms with Crippen LogP contribution in [0, 0.1) is 0 Å². The second kappa shape index (κ2) is 13.0. The molecular formula is C54H32N6O. The molecule has 0 amide bonds. The van der Waals surface area contributed by atoms with Gasteiger partial charge < -0.3 is 4.42 Å². The molecule has 0 N–H and O–H groups in total. The van der Waals surface area contributed by atoms with Gasteiger partial charge in [0.2, 0.25) is 5.95 Å². The number of nitrogens with zero attached hydrogens (tertiary/aromatic N) is 6. The van der Waals surface area contributed by atoms with Gasteiger partial charge in [0.25, 0.3) is 0 Å². The Balaban J connectivity index is 1.14. The molecule has 4 heterocycles. The maximum absolute atomic E-state index is 6.86. The van der Waals surface area contributed by atoms with Crippen LogP contribution >= 0.6 is 0 Å². The molecule has 0 aliphatic carbocycles. The second-order valence-corrected chi connectivity index (χ2v) is 15.5. The van der Waals surface area contributed by atoms with Crippen LogP contribution in [0.2, 0.25) is 0 Å². The predicted octanol–water partition coefficient (Wildman–Crippen LogP) is 13.5. The van der Waals surface area contributed by atoms with E-state index in [4.69, 9.17) is 24.4 Å². The average Bonchev–Trinajstić information content (AvgIpc) is 4.02. The molecule has 0 bridgehead atoms. The Morgan fingerprint density at radius 1 is 0.361 bits per heavy atom. The van der Waals surface area contributed by atoms with Crippen LogP contribution < -0.4 is 0 Å². The summed E-state index contributed by atoms with van der Waals surface area (Å²) >= 11 is 0. The summed E-state index contributed by atoms with van der Waals surface area (Å²) in [6.45, 7) is 0. The van der Waals surface area contributed by atoms with Gasteiger partial charge in [0.05, 0.1) is 22.1 Å². The van der Waals surface area contributed by atoms with Crippen LogP contribution in [0.15, 0.2) is 199 Å². The lowest BCUT2D eigenvalue weighted by molar-refractivity contribution is 0.574. The largest absolute Gasteiger partial charge is 0.423 e. The van der Waals surface area contributed by atoms with Crippen molar-refractivity contribution in [3.05, 3.63) is 194 Å². The van der Waals surface area contributed by atoms with Crippen LogP contribution in [0.25, 0.3) is 122 Å². The van der Waals surface area contributed by atoms with E-state index in [-0.39, 0.29) is 0 Å². The zero-order valence-corrected chi connectivity index (χ0v) is 32.6. The fourth-order valence-electron chi connectivity index (χ4n) is 9.25. The molecule has 0 aliphatic heterocycles. The van der Waals surface area contributed by atoms with E-state index in [2.05, 4.69) is 161 Å². The number of para-hydroxylation sites is 2. The summed E-state index contributed by atoms with van der Waals surface area (Å²) in [4.78, 5) is 21.2. The minimum absolute atomic E-state index is 0.491. The SMILES string of the molecule is c1ccc(-c2cccc(-c3nc(-c4ccccc4)nc(-n4c5ccccc5c5ccc6c7ccccc7n(-c7nc8c(ccc9ccc%10ccccc%10c98)o7)c6c54)n3)c2)cc1. The molecule has 13 aromatic rings. The summed E-state index contributed by atoms with van der Waals surface area (Å²) in [5.74, 6) is 1.68. The number of fused-ring (bicyclic) bond motifs is 12. The number of rotatable bonds is 5. The molecule has 7 nitrogen and oxygen atoms in total. The molecule has 9 aromatic carbocycles. The van der Waals surface area contributed by atoms with Gasteiger partial charge in [0.1, 0.15) is 5.52 Å². The van der Waals surface area contributed by atoms with Gasteiger partial charge >= 0.3 is 6.01 Å². The zero-order chi connectivity index (χ0) is 40.0. The van der Waals surface area contributed by atoms with Gasteiger partial charge in [-0.15, -0.1) is 0 Å². The van der Waals surface area contributed by atoms with Gasteiger partial charge in [-0.3, -0.25) is 9.13 Å². The summed E-state index contributed by atoms with van der Waals surface area (Å²) in [5.41, 5.74) is 9.43. The molecule has 7 heteroatoms. The topological polar surface area (TPSA) is 74.6 Å². The molecule has 0 saturated carbocycles. The number of aromatic nitrogens is 6. The normalized spacial score (nSPS) is 11.9. The van der Waals surface area contributed by atoms with Crippen molar-refractivity contribution in [2.24, 2.45) is 0 Å². The van der Waals surface area contributed by atoms with Crippen molar-refractivity contribution in [3.63, 3.8) is 0 Å². The van der Waals surface area contributed by atoms with Gasteiger partial charge in [0, 0.05) is 38.1 Å². The van der Waals surface area contributed by atoms with Crippen LogP contribution in [0.1, 0.15) is 0 Å². The molecule has 0 radical (unpaired) electrons. The Labute approximate surface area is 348 Å². The van der Waals surface area contributed by atoms with E-state index < -0.39 is 0 Å². The van der Waals surface area contributed by atoms with Crippen molar-refractivity contribution in [2.75, 3.05) is 0 Å². The van der Waals surface area contributed by atoms with E-state index in [0.29, 0.717) is 23.6 Å². The number of oxazole rings is 1. The van der Waals surface area contributed by atoms with Crippen LogP contribution in [-0.4, -0.2) is 29.1 Å². The first-order valence-corrected chi connectivity index (χ1v) is 20.4. The Bertz CT molecular complexity index is 3880. The highest BCUT2D eigenvalue weighted by Crippen LogP contribution is 2.43. The van der Waals surface area contributed by atoms with Gasteiger partial charge in [0.15, 0.2) is 17.2 Å². The van der Waals surface area contributed by atoms with Crippen molar-refractivity contribution in [3.8, 4) is 45.9 Å². The minimum atomic E-state index is 0.491. The smallest absolute Gasteiger partial charge is 0.307 e. The highest BCUT2D eigenvalue weighted by Gasteiger charge is 2.25. The van der Waals surface area contributed by atoms with E-state index >= 15 is 0 Å². The molecule has 0 atom stereocenters. The lowest BCUT2D eigenvalue weighted by Crippen LogP contribution is -2.07. The number of benzene rings is 9. The van der Waals surface area contributed by atoms with Crippen molar-refractivity contribution in [1.82, 2.24) is 29.1 Å². The lowest BCUT2D eigenvalue weighted by Gasteiger charge is -2.12. The summed E-state index contributed by atoms with van der Waals surface area (Å²) < 4.78 is 11.2. The third kappa shape index (κ3) is 5.11. The molecule has 4 aromatic heterocycles. The Morgan fingerprint density at radius 3 is 1.67 bits per heavy atom. The molecule has 0 aliphatic rings. The van der Waals surface area contributed by atoms with Gasteiger partial charge in [-0.25, -0.2) is 4.98 Å². The second-order valence-electron chi connectivity index (χ2n) is 15.5. The van der Waals surface area contributed by atoms with Crippen LogP contribution in [-0.2, 0) is 0 Å².